The molecule has 0 spiro atoms. The predicted molar refractivity (Wildman–Crippen MR) is 135 cm³/mol. The van der Waals surface area contributed by atoms with Crippen LogP contribution in [0.25, 0.3) is 0 Å². The van der Waals surface area contributed by atoms with Gasteiger partial charge in [0.1, 0.15) is 12.4 Å². The van der Waals surface area contributed by atoms with E-state index in [9.17, 15) is 0 Å². The molecule has 0 aliphatic heterocycles. The minimum Gasteiger partial charge on any atom is -0.493 e. The molecule has 2 N–H and O–H groups in total. The van der Waals surface area contributed by atoms with Crippen molar-refractivity contribution in [3.05, 3.63) is 53.1 Å². The van der Waals surface area contributed by atoms with Crippen LogP contribution in [0.3, 0.4) is 0 Å². The molecule has 7 nitrogen and oxygen atoms in total. The Bertz CT molecular complexity index is 830. The summed E-state index contributed by atoms with van der Waals surface area (Å²) in [5.74, 6) is 2.96. The first kappa shape index (κ1) is 26.8. The zero-order valence-electron chi connectivity index (χ0n) is 19.0. The fraction of sp³-hybridized carbons (Fsp3) is 0.435. The second kappa shape index (κ2) is 14.7. The lowest BCUT2D eigenvalue weighted by molar-refractivity contribution is 0.145. The second-order valence-electron chi connectivity index (χ2n) is 6.65. The van der Waals surface area contributed by atoms with Crippen molar-refractivity contribution in [3.8, 4) is 17.2 Å². The van der Waals surface area contributed by atoms with E-state index in [0.29, 0.717) is 43.8 Å². The largest absolute Gasteiger partial charge is 0.493 e. The highest BCUT2D eigenvalue weighted by molar-refractivity contribution is 14.0. The maximum Gasteiger partial charge on any atom is 0.191 e. The van der Waals surface area contributed by atoms with Crippen LogP contribution in [0.1, 0.15) is 23.6 Å². The van der Waals surface area contributed by atoms with E-state index in [2.05, 4.69) is 22.8 Å². The molecule has 0 radical (unpaired) electrons. The van der Waals surface area contributed by atoms with Crippen LogP contribution >= 0.6 is 24.0 Å². The average molecular weight is 543 g/mol. The molecule has 0 amide bonds. The number of aryl methyl sites for hydroxylation is 1. The van der Waals surface area contributed by atoms with E-state index in [1.807, 2.05) is 38.1 Å². The Kier molecular flexibility index (Phi) is 12.8. The maximum atomic E-state index is 5.88. The van der Waals surface area contributed by atoms with Crippen LogP contribution < -0.4 is 24.8 Å². The third-order valence-corrected chi connectivity index (χ3v) is 4.45. The molecule has 0 heterocycles. The fourth-order valence-electron chi connectivity index (χ4n) is 2.94. The summed E-state index contributed by atoms with van der Waals surface area (Å²) in [5.41, 5.74) is 3.16. The molecule has 0 fully saturated rings. The number of benzene rings is 2. The van der Waals surface area contributed by atoms with Gasteiger partial charge in [-0.2, -0.15) is 0 Å². The summed E-state index contributed by atoms with van der Waals surface area (Å²) < 4.78 is 21.8. The normalized spacial score (nSPS) is 10.8. The zero-order chi connectivity index (χ0) is 21.8. The van der Waals surface area contributed by atoms with Crippen molar-refractivity contribution < 1.29 is 18.9 Å². The number of nitrogens with zero attached hydrogens (tertiary/aromatic N) is 1. The topological polar surface area (TPSA) is 73.3 Å². The van der Waals surface area contributed by atoms with Gasteiger partial charge in [-0.15, -0.1) is 24.0 Å². The lowest BCUT2D eigenvalue weighted by Gasteiger charge is -2.16. The summed E-state index contributed by atoms with van der Waals surface area (Å²) in [4.78, 5) is 4.70. The van der Waals surface area contributed by atoms with Crippen molar-refractivity contribution >= 4 is 29.9 Å². The summed E-state index contributed by atoms with van der Waals surface area (Å²) in [5, 5.41) is 6.66. The summed E-state index contributed by atoms with van der Waals surface area (Å²) in [6, 6.07) is 12.0. The molecule has 0 saturated carbocycles. The third-order valence-electron chi connectivity index (χ3n) is 4.45. The Morgan fingerprint density at radius 1 is 0.935 bits per heavy atom. The van der Waals surface area contributed by atoms with Crippen LogP contribution in [0.5, 0.6) is 17.2 Å². The smallest absolute Gasteiger partial charge is 0.191 e. The Morgan fingerprint density at radius 3 is 2.42 bits per heavy atom. The molecule has 2 rings (SSSR count). The van der Waals surface area contributed by atoms with Gasteiger partial charge >= 0.3 is 0 Å². The molecule has 2 aromatic carbocycles. The van der Waals surface area contributed by atoms with Crippen molar-refractivity contribution in [2.24, 2.45) is 4.99 Å². The number of nitrogens with one attached hydrogen (secondary N) is 2. The van der Waals surface area contributed by atoms with Crippen LogP contribution in [0.4, 0.5) is 0 Å². The first-order valence-corrected chi connectivity index (χ1v) is 10.1. The number of guanidine groups is 1. The van der Waals surface area contributed by atoms with E-state index < -0.39 is 0 Å². The van der Waals surface area contributed by atoms with Gasteiger partial charge in [0, 0.05) is 31.3 Å². The van der Waals surface area contributed by atoms with Crippen LogP contribution in [0, 0.1) is 6.92 Å². The summed E-state index contributed by atoms with van der Waals surface area (Å²) >= 11 is 0. The molecular formula is C23H34IN3O4. The van der Waals surface area contributed by atoms with Gasteiger partial charge in [-0.05, 0) is 31.5 Å². The van der Waals surface area contributed by atoms with E-state index in [4.69, 9.17) is 23.9 Å². The summed E-state index contributed by atoms with van der Waals surface area (Å²) in [6.07, 6.45) is 0. The number of methoxy groups -OCH3 is 3. The monoisotopic (exact) mass is 543 g/mol. The lowest BCUT2D eigenvalue weighted by Crippen LogP contribution is -2.36. The van der Waals surface area contributed by atoms with Gasteiger partial charge in [0.25, 0.3) is 0 Å². The van der Waals surface area contributed by atoms with Crippen LogP contribution in [0.15, 0.2) is 41.4 Å². The van der Waals surface area contributed by atoms with Gasteiger partial charge in [0.2, 0.25) is 0 Å². The van der Waals surface area contributed by atoms with Gasteiger partial charge in [0.05, 0.1) is 27.4 Å². The van der Waals surface area contributed by atoms with E-state index in [1.54, 1.807) is 21.3 Å². The lowest BCUT2D eigenvalue weighted by atomic mass is 10.1. The molecule has 0 bridgehead atoms. The molecule has 0 aromatic heterocycles. The van der Waals surface area contributed by atoms with Gasteiger partial charge in [-0.1, -0.05) is 24.3 Å². The Hall–Kier alpha value is -2.20. The fourth-order valence-corrected chi connectivity index (χ4v) is 2.94. The first-order valence-electron chi connectivity index (χ1n) is 10.1. The number of rotatable bonds is 11. The maximum absolute atomic E-state index is 5.88. The Morgan fingerprint density at radius 2 is 1.74 bits per heavy atom. The molecule has 0 saturated heterocycles. The highest BCUT2D eigenvalue weighted by atomic mass is 127. The van der Waals surface area contributed by atoms with Crippen molar-refractivity contribution in [3.63, 3.8) is 0 Å². The van der Waals surface area contributed by atoms with Crippen LogP contribution in [-0.2, 0) is 17.8 Å². The third kappa shape index (κ3) is 8.45. The summed E-state index contributed by atoms with van der Waals surface area (Å²) in [7, 11) is 4.93. The van der Waals surface area contributed by atoms with Gasteiger partial charge in [-0.3, -0.25) is 0 Å². The predicted octanol–water partition coefficient (Wildman–Crippen LogP) is 3.91. The van der Waals surface area contributed by atoms with Crippen molar-refractivity contribution in [1.82, 2.24) is 10.6 Å². The number of aliphatic imine (C=N–C) groups is 1. The number of hydrogen-bond acceptors (Lipinski definition) is 5. The highest BCUT2D eigenvalue weighted by Crippen LogP contribution is 2.31. The van der Waals surface area contributed by atoms with Gasteiger partial charge < -0.3 is 29.6 Å². The van der Waals surface area contributed by atoms with Crippen LogP contribution in [0.2, 0.25) is 0 Å². The summed E-state index contributed by atoms with van der Waals surface area (Å²) in [6.45, 7) is 6.95. The number of para-hydroxylation sites is 1. The minimum atomic E-state index is 0. The van der Waals surface area contributed by atoms with Crippen LogP contribution in [-0.4, -0.2) is 47.0 Å². The van der Waals surface area contributed by atoms with Gasteiger partial charge in [-0.25, -0.2) is 4.99 Å². The Balaban J connectivity index is 0.00000480. The average Bonchev–Trinajstić information content (AvgIpc) is 2.76. The molecule has 0 aliphatic carbocycles. The molecule has 2 aromatic rings. The Labute approximate surface area is 202 Å². The zero-order valence-corrected chi connectivity index (χ0v) is 21.3. The second-order valence-corrected chi connectivity index (χ2v) is 6.65. The highest BCUT2D eigenvalue weighted by Gasteiger charge is 2.10. The number of halogens is 1. The quantitative estimate of drug-likeness (QED) is 0.194. The van der Waals surface area contributed by atoms with Crippen molar-refractivity contribution in [2.45, 2.75) is 26.9 Å². The van der Waals surface area contributed by atoms with E-state index in [0.717, 1.165) is 29.0 Å². The molecule has 0 atom stereocenters. The molecule has 0 unspecified atom stereocenters. The van der Waals surface area contributed by atoms with Crippen molar-refractivity contribution in [1.29, 1.82) is 0 Å². The minimum absolute atomic E-state index is 0. The number of ether oxygens (including phenoxy) is 4. The van der Waals surface area contributed by atoms with E-state index in [-0.39, 0.29) is 24.0 Å². The molecule has 31 heavy (non-hydrogen) atoms. The van der Waals surface area contributed by atoms with E-state index in [1.165, 1.54) is 0 Å². The SMILES string of the molecule is CCNC(=NCc1cccc(OC)c1OC)NCc1ccc(C)cc1OCCOC.I. The molecule has 0 aliphatic rings. The molecular weight excluding hydrogens is 509 g/mol. The molecule has 172 valence electrons. The van der Waals surface area contributed by atoms with Crippen molar-refractivity contribution in [2.75, 3.05) is 41.1 Å². The van der Waals surface area contributed by atoms with Gasteiger partial charge in [0.15, 0.2) is 17.5 Å². The standard InChI is InChI=1S/C23H33N3O4.HI/c1-6-24-23(26-16-19-8-7-9-20(28-4)22(19)29-5)25-15-18-11-10-17(2)14-21(18)30-13-12-27-3;/h7-11,14H,6,12-13,15-16H2,1-5H3,(H2,24,25,26);1H. The van der Waals surface area contributed by atoms with E-state index >= 15 is 0 Å². The molecule has 8 heteroatoms. The first-order chi connectivity index (χ1) is 14.6. The number of hydrogen-bond donors (Lipinski definition) is 2.